The van der Waals surface area contributed by atoms with Crippen molar-refractivity contribution in [3.8, 4) is 11.1 Å². The van der Waals surface area contributed by atoms with Crippen LogP contribution in [0.15, 0.2) is 61.2 Å². The number of anilines is 1. The molecule has 1 heterocycles. The normalized spacial score (nSPS) is 14.8. The molecule has 2 aromatic carbocycles. The quantitative estimate of drug-likeness (QED) is 0.305. The van der Waals surface area contributed by atoms with Crippen LogP contribution in [0.4, 0.5) is 11.4 Å². The van der Waals surface area contributed by atoms with E-state index in [4.69, 9.17) is 0 Å². The molecule has 0 atom stereocenters. The summed E-state index contributed by atoms with van der Waals surface area (Å²) in [5.74, 6) is 1.77. The summed E-state index contributed by atoms with van der Waals surface area (Å²) in [6.45, 7) is 8.01. The summed E-state index contributed by atoms with van der Waals surface area (Å²) in [5, 5.41) is 15.1. The molecule has 26 heavy (non-hydrogen) atoms. The first-order valence-corrected chi connectivity index (χ1v) is 9.64. The van der Waals surface area contributed by atoms with Crippen LogP contribution in [0.25, 0.3) is 16.7 Å². The zero-order valence-corrected chi connectivity index (χ0v) is 15.8. The van der Waals surface area contributed by atoms with Gasteiger partial charge in [-0.1, -0.05) is 42.5 Å². The summed E-state index contributed by atoms with van der Waals surface area (Å²) in [4.78, 5) is 11.2. The highest BCUT2D eigenvalue weighted by Crippen LogP contribution is 2.43. The molecule has 1 aliphatic rings. The van der Waals surface area contributed by atoms with Crippen molar-refractivity contribution in [3.63, 3.8) is 0 Å². The molecule has 0 saturated carbocycles. The molecule has 134 valence electrons. The second-order valence-corrected chi connectivity index (χ2v) is 7.85. The minimum atomic E-state index is -0.320. The first-order chi connectivity index (χ1) is 12.4. The van der Waals surface area contributed by atoms with E-state index in [0.717, 1.165) is 28.3 Å². The maximum atomic E-state index is 11.5. The lowest BCUT2D eigenvalue weighted by molar-refractivity contribution is -0.384. The average Bonchev–Trinajstić information content (AvgIpc) is 2.60. The van der Waals surface area contributed by atoms with E-state index in [1.165, 1.54) is 5.57 Å². The largest absolute Gasteiger partial charge is 0.376 e. The standard InChI is InChI=1S/C21H22N2O2S/c1-4-12-26-14-15-13-21(2,3)22-20-16(15)9-7-10-18(20)17-8-5-6-11-19(17)23(24)25/h4-11,13,22H,1,12,14H2,2-3H3. The maximum Gasteiger partial charge on any atom is 0.277 e. The van der Waals surface area contributed by atoms with Crippen molar-refractivity contribution in [2.24, 2.45) is 0 Å². The molecule has 3 rings (SSSR count). The Bertz CT molecular complexity index is 887. The third-order valence-corrected chi connectivity index (χ3v) is 5.26. The number of thioether (sulfide) groups is 1. The van der Waals surface area contributed by atoms with Crippen molar-refractivity contribution < 1.29 is 4.92 Å². The number of nitrogens with zero attached hydrogens (tertiary/aromatic N) is 1. The fourth-order valence-electron chi connectivity index (χ4n) is 3.28. The Kier molecular flexibility index (Phi) is 5.18. The van der Waals surface area contributed by atoms with Crippen molar-refractivity contribution in [1.82, 2.24) is 0 Å². The molecule has 0 radical (unpaired) electrons. The number of fused-ring (bicyclic) bond motifs is 1. The molecule has 0 saturated heterocycles. The van der Waals surface area contributed by atoms with Crippen molar-refractivity contribution in [3.05, 3.63) is 76.9 Å². The van der Waals surface area contributed by atoms with E-state index < -0.39 is 0 Å². The second kappa shape index (κ2) is 7.38. The number of nitrogens with one attached hydrogen (secondary N) is 1. The second-order valence-electron chi connectivity index (χ2n) is 6.82. The van der Waals surface area contributed by atoms with Gasteiger partial charge in [-0.05, 0) is 25.5 Å². The summed E-state index contributed by atoms with van der Waals surface area (Å²) >= 11 is 1.81. The molecule has 1 aliphatic heterocycles. The van der Waals surface area contributed by atoms with Crippen molar-refractivity contribution >= 4 is 28.7 Å². The molecular weight excluding hydrogens is 344 g/mol. The number of hydrogen-bond acceptors (Lipinski definition) is 4. The van der Waals surface area contributed by atoms with Crippen LogP contribution in [-0.2, 0) is 0 Å². The molecular formula is C21H22N2O2S. The Morgan fingerprint density at radius 3 is 2.58 bits per heavy atom. The van der Waals surface area contributed by atoms with E-state index in [9.17, 15) is 10.1 Å². The highest BCUT2D eigenvalue weighted by atomic mass is 32.2. The Morgan fingerprint density at radius 2 is 1.85 bits per heavy atom. The Hall–Kier alpha value is -2.53. The van der Waals surface area contributed by atoms with Gasteiger partial charge in [0.15, 0.2) is 0 Å². The predicted octanol–water partition coefficient (Wildman–Crippen LogP) is 5.77. The lowest BCUT2D eigenvalue weighted by atomic mass is 9.87. The topological polar surface area (TPSA) is 55.2 Å². The number of rotatable bonds is 6. The smallest absolute Gasteiger partial charge is 0.277 e. The van der Waals surface area contributed by atoms with Gasteiger partial charge < -0.3 is 5.32 Å². The van der Waals surface area contributed by atoms with Crippen molar-refractivity contribution in [1.29, 1.82) is 0 Å². The minimum Gasteiger partial charge on any atom is -0.376 e. The highest BCUT2D eigenvalue weighted by Gasteiger charge is 2.28. The third kappa shape index (κ3) is 3.68. The van der Waals surface area contributed by atoms with Gasteiger partial charge in [0.05, 0.1) is 21.7 Å². The van der Waals surface area contributed by atoms with Crippen LogP contribution >= 0.6 is 11.8 Å². The van der Waals surface area contributed by atoms with Crippen LogP contribution < -0.4 is 5.32 Å². The summed E-state index contributed by atoms with van der Waals surface area (Å²) in [6, 6.07) is 12.9. The van der Waals surface area contributed by atoms with Crippen molar-refractivity contribution in [2.75, 3.05) is 16.8 Å². The van der Waals surface area contributed by atoms with E-state index in [0.29, 0.717) is 5.56 Å². The van der Waals surface area contributed by atoms with Crippen LogP contribution in [0.3, 0.4) is 0 Å². The number of nitro groups is 1. The van der Waals surface area contributed by atoms with Gasteiger partial charge in [-0.15, -0.1) is 6.58 Å². The van der Waals surface area contributed by atoms with Crippen LogP contribution in [0.5, 0.6) is 0 Å². The van der Waals surface area contributed by atoms with Gasteiger partial charge in [-0.25, -0.2) is 0 Å². The monoisotopic (exact) mass is 366 g/mol. The molecule has 0 spiro atoms. The van der Waals surface area contributed by atoms with Crippen LogP contribution in [0.1, 0.15) is 19.4 Å². The first kappa shape index (κ1) is 18.3. The summed E-state index contributed by atoms with van der Waals surface area (Å²) in [6.07, 6.45) is 4.15. The van der Waals surface area contributed by atoms with Gasteiger partial charge in [0, 0.05) is 28.7 Å². The third-order valence-electron chi connectivity index (χ3n) is 4.28. The molecule has 0 unspecified atom stereocenters. The number of benzene rings is 2. The van der Waals surface area contributed by atoms with E-state index in [-0.39, 0.29) is 16.1 Å². The number of nitro benzene ring substituents is 1. The Labute approximate surface area is 158 Å². The fourth-order valence-corrected chi connectivity index (χ4v) is 4.03. The SMILES string of the molecule is C=CCSCC1=CC(C)(C)Nc2c1cccc2-c1ccccc1[N+](=O)[O-]. The van der Waals surface area contributed by atoms with Crippen LogP contribution in [0.2, 0.25) is 0 Å². The average molecular weight is 366 g/mol. The number of para-hydroxylation sites is 2. The molecule has 0 aromatic heterocycles. The number of hydrogen-bond donors (Lipinski definition) is 1. The Morgan fingerprint density at radius 1 is 1.15 bits per heavy atom. The van der Waals surface area contributed by atoms with E-state index in [1.807, 2.05) is 42.1 Å². The molecule has 2 aromatic rings. The summed E-state index contributed by atoms with van der Waals surface area (Å²) in [5.41, 5.74) is 4.71. The lowest BCUT2D eigenvalue weighted by Gasteiger charge is -2.33. The summed E-state index contributed by atoms with van der Waals surface area (Å²) < 4.78 is 0. The molecule has 5 heteroatoms. The summed E-state index contributed by atoms with van der Waals surface area (Å²) in [7, 11) is 0. The first-order valence-electron chi connectivity index (χ1n) is 8.48. The van der Waals surface area contributed by atoms with Gasteiger partial charge in [-0.3, -0.25) is 10.1 Å². The highest BCUT2D eigenvalue weighted by molar-refractivity contribution is 7.99. The molecule has 0 bridgehead atoms. The molecule has 1 N–H and O–H groups in total. The predicted molar refractivity (Wildman–Crippen MR) is 112 cm³/mol. The van der Waals surface area contributed by atoms with Crippen LogP contribution in [0, 0.1) is 10.1 Å². The van der Waals surface area contributed by atoms with Gasteiger partial charge in [0.25, 0.3) is 5.69 Å². The van der Waals surface area contributed by atoms with E-state index >= 15 is 0 Å². The van der Waals surface area contributed by atoms with E-state index in [2.05, 4.69) is 37.9 Å². The molecule has 4 nitrogen and oxygen atoms in total. The zero-order valence-electron chi connectivity index (χ0n) is 15.0. The maximum absolute atomic E-state index is 11.5. The Balaban J connectivity index is 2.13. The van der Waals surface area contributed by atoms with Gasteiger partial charge >= 0.3 is 0 Å². The van der Waals surface area contributed by atoms with Gasteiger partial charge in [-0.2, -0.15) is 11.8 Å². The van der Waals surface area contributed by atoms with Gasteiger partial charge in [0.1, 0.15) is 0 Å². The minimum absolute atomic E-state index is 0.123. The van der Waals surface area contributed by atoms with Crippen molar-refractivity contribution in [2.45, 2.75) is 19.4 Å². The lowest BCUT2D eigenvalue weighted by Crippen LogP contribution is -2.32. The van der Waals surface area contributed by atoms with Crippen LogP contribution in [-0.4, -0.2) is 22.0 Å². The molecule has 0 aliphatic carbocycles. The fraction of sp³-hybridized carbons (Fsp3) is 0.238. The molecule has 0 fully saturated rings. The van der Waals surface area contributed by atoms with Gasteiger partial charge in [0.2, 0.25) is 0 Å². The van der Waals surface area contributed by atoms with E-state index in [1.54, 1.807) is 12.1 Å². The zero-order chi connectivity index (χ0) is 18.7. The molecule has 0 amide bonds.